The van der Waals surface area contributed by atoms with Gasteiger partial charge in [0.15, 0.2) is 0 Å². The Balaban J connectivity index is 1.83. The summed E-state index contributed by atoms with van der Waals surface area (Å²) in [6, 6.07) is 8.59. The molecule has 2 aromatic rings. The fourth-order valence-corrected chi connectivity index (χ4v) is 2.98. The van der Waals surface area contributed by atoms with E-state index >= 15 is 0 Å². The number of halogens is 1. The van der Waals surface area contributed by atoms with Crippen LogP contribution in [0.5, 0.6) is 0 Å². The summed E-state index contributed by atoms with van der Waals surface area (Å²) < 4.78 is 3.46. The van der Waals surface area contributed by atoms with Crippen LogP contribution in [-0.4, -0.2) is 9.67 Å². The van der Waals surface area contributed by atoms with Crippen molar-refractivity contribution in [2.75, 3.05) is 0 Å². The zero-order chi connectivity index (χ0) is 12.5. The van der Waals surface area contributed by atoms with E-state index in [9.17, 15) is 5.11 Å². The van der Waals surface area contributed by atoms with Gasteiger partial charge in [0, 0.05) is 28.1 Å². The number of fused-ring (bicyclic) bond motifs is 1. The molecule has 18 heavy (non-hydrogen) atoms. The van der Waals surface area contributed by atoms with Crippen LogP contribution in [0.2, 0.25) is 0 Å². The summed E-state index contributed by atoms with van der Waals surface area (Å²) in [7, 11) is 0. The molecule has 1 aromatic carbocycles. The number of aliphatic hydroxyl groups is 1. The van der Waals surface area contributed by atoms with E-state index in [1.54, 1.807) is 0 Å². The fraction of sp³-hybridized carbons (Fsp3) is 0.333. The molecule has 1 unspecified atom stereocenters. The van der Waals surface area contributed by atoms with Crippen molar-refractivity contribution >= 4 is 22.6 Å². The zero-order valence-electron chi connectivity index (χ0n) is 10.1. The van der Waals surface area contributed by atoms with Crippen molar-refractivity contribution in [3.8, 4) is 0 Å². The maximum absolute atomic E-state index is 9.96. The van der Waals surface area contributed by atoms with Gasteiger partial charge in [-0.2, -0.15) is 0 Å². The molecular weight excluding hydrogens is 337 g/mol. The normalized spacial score (nSPS) is 18.7. The molecule has 1 aliphatic carbocycles. The van der Waals surface area contributed by atoms with Crippen LogP contribution in [0.15, 0.2) is 36.7 Å². The van der Waals surface area contributed by atoms with Crippen molar-refractivity contribution in [1.29, 1.82) is 0 Å². The van der Waals surface area contributed by atoms with Crippen LogP contribution in [0.1, 0.15) is 35.6 Å². The standard InChI is InChI=1S/C15H16INO/c16-13-6-4-11(5-7-13)8-17-9-12-2-1-3-15(18)14(12)10-17/h4-7,9-10,15,18H,1-3,8H2. The molecule has 0 saturated heterocycles. The lowest BCUT2D eigenvalue weighted by atomic mass is 9.93. The average molecular weight is 353 g/mol. The molecule has 0 fully saturated rings. The quantitative estimate of drug-likeness (QED) is 0.822. The number of aromatic nitrogens is 1. The molecular formula is C15H16INO. The van der Waals surface area contributed by atoms with Gasteiger partial charge in [-0.15, -0.1) is 0 Å². The SMILES string of the molecule is OC1CCCc2cn(Cc3ccc(I)cc3)cc21. The number of rotatable bonds is 2. The first-order valence-electron chi connectivity index (χ1n) is 6.33. The van der Waals surface area contributed by atoms with Crippen molar-refractivity contribution in [2.24, 2.45) is 0 Å². The molecule has 0 radical (unpaired) electrons. The molecule has 0 amide bonds. The van der Waals surface area contributed by atoms with E-state index in [2.05, 4.69) is 63.8 Å². The van der Waals surface area contributed by atoms with Crippen molar-refractivity contribution in [1.82, 2.24) is 4.57 Å². The van der Waals surface area contributed by atoms with Crippen LogP contribution < -0.4 is 0 Å². The highest BCUT2D eigenvalue weighted by molar-refractivity contribution is 14.1. The van der Waals surface area contributed by atoms with Gasteiger partial charge in [-0.05, 0) is 65.1 Å². The van der Waals surface area contributed by atoms with Gasteiger partial charge in [-0.1, -0.05) is 12.1 Å². The van der Waals surface area contributed by atoms with Gasteiger partial charge >= 0.3 is 0 Å². The number of aryl methyl sites for hydroxylation is 1. The smallest absolute Gasteiger partial charge is 0.0807 e. The number of aliphatic hydroxyl groups excluding tert-OH is 1. The van der Waals surface area contributed by atoms with Crippen molar-refractivity contribution in [3.63, 3.8) is 0 Å². The Kier molecular flexibility index (Phi) is 3.43. The molecule has 0 spiro atoms. The summed E-state index contributed by atoms with van der Waals surface area (Å²) in [5, 5.41) is 9.96. The molecule has 0 aliphatic heterocycles. The first-order chi connectivity index (χ1) is 8.72. The topological polar surface area (TPSA) is 25.2 Å². The van der Waals surface area contributed by atoms with Crippen LogP contribution in [0.3, 0.4) is 0 Å². The van der Waals surface area contributed by atoms with Crippen molar-refractivity contribution < 1.29 is 5.11 Å². The summed E-state index contributed by atoms with van der Waals surface area (Å²) in [5.41, 5.74) is 3.75. The largest absolute Gasteiger partial charge is 0.388 e. The van der Waals surface area contributed by atoms with E-state index in [4.69, 9.17) is 0 Å². The van der Waals surface area contributed by atoms with Gasteiger partial charge in [0.2, 0.25) is 0 Å². The minimum atomic E-state index is -0.258. The molecule has 1 aliphatic rings. The molecule has 94 valence electrons. The highest BCUT2D eigenvalue weighted by Gasteiger charge is 2.19. The molecule has 0 saturated carbocycles. The minimum Gasteiger partial charge on any atom is -0.388 e. The fourth-order valence-electron chi connectivity index (χ4n) is 2.62. The van der Waals surface area contributed by atoms with E-state index in [1.165, 1.54) is 14.7 Å². The van der Waals surface area contributed by atoms with Gasteiger partial charge in [0.25, 0.3) is 0 Å². The maximum atomic E-state index is 9.96. The van der Waals surface area contributed by atoms with Gasteiger partial charge in [-0.3, -0.25) is 0 Å². The summed E-state index contributed by atoms with van der Waals surface area (Å²) in [6.45, 7) is 0.886. The third kappa shape index (κ3) is 2.47. The molecule has 3 heteroatoms. The zero-order valence-corrected chi connectivity index (χ0v) is 12.3. The van der Waals surface area contributed by atoms with E-state index < -0.39 is 0 Å². The summed E-state index contributed by atoms with van der Waals surface area (Å²) in [4.78, 5) is 0. The molecule has 2 nitrogen and oxygen atoms in total. The minimum absolute atomic E-state index is 0.258. The molecule has 3 rings (SSSR count). The van der Waals surface area contributed by atoms with Crippen molar-refractivity contribution in [3.05, 3.63) is 56.9 Å². The van der Waals surface area contributed by atoms with Crippen LogP contribution in [-0.2, 0) is 13.0 Å². The Morgan fingerprint density at radius 1 is 1.22 bits per heavy atom. The molecule has 1 atom stereocenters. The van der Waals surface area contributed by atoms with Crippen LogP contribution >= 0.6 is 22.6 Å². The lowest BCUT2D eigenvalue weighted by Gasteiger charge is -2.16. The average Bonchev–Trinajstić information content (AvgIpc) is 2.76. The first-order valence-corrected chi connectivity index (χ1v) is 7.41. The second-order valence-corrected chi connectivity index (χ2v) is 6.19. The molecule has 1 heterocycles. The van der Waals surface area contributed by atoms with E-state index in [1.807, 2.05) is 0 Å². The van der Waals surface area contributed by atoms with Gasteiger partial charge in [0.1, 0.15) is 0 Å². The van der Waals surface area contributed by atoms with Crippen LogP contribution in [0.25, 0.3) is 0 Å². The number of hydrogen-bond donors (Lipinski definition) is 1. The second-order valence-electron chi connectivity index (χ2n) is 4.95. The highest BCUT2D eigenvalue weighted by atomic mass is 127. The second kappa shape index (κ2) is 5.05. The Hall–Kier alpha value is -0.810. The maximum Gasteiger partial charge on any atom is 0.0807 e. The third-order valence-electron chi connectivity index (χ3n) is 3.56. The first kappa shape index (κ1) is 12.2. The van der Waals surface area contributed by atoms with Gasteiger partial charge in [-0.25, -0.2) is 0 Å². The number of hydrogen-bond acceptors (Lipinski definition) is 1. The predicted octanol–water partition coefficient (Wildman–Crippen LogP) is 3.51. The Morgan fingerprint density at radius 2 is 2.00 bits per heavy atom. The predicted molar refractivity (Wildman–Crippen MR) is 80.6 cm³/mol. The lowest BCUT2D eigenvalue weighted by molar-refractivity contribution is 0.157. The Bertz CT molecular complexity index is 544. The molecule has 0 bridgehead atoms. The summed E-state index contributed by atoms with van der Waals surface area (Å²) in [5.74, 6) is 0. The van der Waals surface area contributed by atoms with Gasteiger partial charge < -0.3 is 9.67 Å². The van der Waals surface area contributed by atoms with E-state index in [-0.39, 0.29) is 6.10 Å². The lowest BCUT2D eigenvalue weighted by Crippen LogP contribution is -2.05. The van der Waals surface area contributed by atoms with Crippen molar-refractivity contribution in [2.45, 2.75) is 31.9 Å². The Morgan fingerprint density at radius 3 is 2.72 bits per heavy atom. The third-order valence-corrected chi connectivity index (χ3v) is 4.28. The molecule has 1 N–H and O–H groups in total. The molecule has 1 aromatic heterocycles. The van der Waals surface area contributed by atoms with Crippen LogP contribution in [0, 0.1) is 3.57 Å². The summed E-state index contributed by atoms with van der Waals surface area (Å²) >= 11 is 2.32. The Labute approximate surface area is 121 Å². The number of benzene rings is 1. The van der Waals surface area contributed by atoms with E-state index in [0.717, 1.165) is 31.4 Å². The number of nitrogens with zero attached hydrogens (tertiary/aromatic N) is 1. The van der Waals surface area contributed by atoms with Gasteiger partial charge in [0.05, 0.1) is 6.10 Å². The van der Waals surface area contributed by atoms with E-state index in [0.29, 0.717) is 0 Å². The highest BCUT2D eigenvalue weighted by Crippen LogP contribution is 2.30. The van der Waals surface area contributed by atoms with Crippen LogP contribution in [0.4, 0.5) is 0 Å². The summed E-state index contributed by atoms with van der Waals surface area (Å²) in [6.07, 6.45) is 7.15. The monoisotopic (exact) mass is 353 g/mol.